The second-order valence-corrected chi connectivity index (χ2v) is 4.01. The van der Waals surface area contributed by atoms with Crippen LogP contribution in [0.2, 0.25) is 0 Å². The highest BCUT2D eigenvalue weighted by Crippen LogP contribution is 2.19. The van der Waals surface area contributed by atoms with Crippen LogP contribution in [-0.2, 0) is 6.54 Å². The highest BCUT2D eigenvalue weighted by Gasteiger charge is 2.24. The first-order chi connectivity index (χ1) is 7.78. The summed E-state index contributed by atoms with van der Waals surface area (Å²) in [6.07, 6.45) is 1.27. The number of H-pyrrole nitrogens is 1. The fourth-order valence-electron chi connectivity index (χ4n) is 1.89. The van der Waals surface area contributed by atoms with Crippen molar-refractivity contribution in [3.8, 4) is 0 Å². The summed E-state index contributed by atoms with van der Waals surface area (Å²) < 4.78 is 0. The average molecular weight is 222 g/mol. The summed E-state index contributed by atoms with van der Waals surface area (Å²) in [6.45, 7) is 9.46. The molecule has 90 valence electrons. The molecule has 1 aliphatic heterocycles. The van der Waals surface area contributed by atoms with Gasteiger partial charge in [-0.1, -0.05) is 33.3 Å². The van der Waals surface area contributed by atoms with Gasteiger partial charge in [0, 0.05) is 31.4 Å². The molecule has 0 bridgehead atoms. The predicted molar refractivity (Wildman–Crippen MR) is 67.5 cm³/mol. The largest absolute Gasteiger partial charge is 0.325 e. The van der Waals surface area contributed by atoms with Gasteiger partial charge in [-0.25, -0.2) is 0 Å². The summed E-state index contributed by atoms with van der Waals surface area (Å²) in [6, 6.07) is 5.33. The highest BCUT2D eigenvalue weighted by molar-refractivity contribution is 5.04. The number of nitrogens with zero attached hydrogens (tertiary/aromatic N) is 1. The molecule has 0 radical (unpaired) electrons. The summed E-state index contributed by atoms with van der Waals surface area (Å²) in [7, 11) is 0. The molecule has 1 N–H and O–H groups in total. The lowest BCUT2D eigenvalue weighted by Crippen LogP contribution is -2.45. The number of hydrogen-bond donors (Lipinski definition) is 1. The summed E-state index contributed by atoms with van der Waals surface area (Å²) in [4.78, 5) is 16.2. The Labute approximate surface area is 97.5 Å². The Balaban J connectivity index is 0.000000606. The molecule has 1 aliphatic rings. The van der Waals surface area contributed by atoms with E-state index in [2.05, 4.69) is 16.8 Å². The lowest BCUT2D eigenvalue weighted by atomic mass is 9.97. The number of nitrogens with one attached hydrogen (secondary N) is 1. The van der Waals surface area contributed by atoms with Crippen molar-refractivity contribution in [3.63, 3.8) is 0 Å². The monoisotopic (exact) mass is 222 g/mol. The van der Waals surface area contributed by atoms with Gasteiger partial charge >= 0.3 is 0 Å². The maximum absolute atomic E-state index is 11.0. The molecule has 3 nitrogen and oxygen atoms in total. The van der Waals surface area contributed by atoms with E-state index in [4.69, 9.17) is 0 Å². The molecule has 1 saturated heterocycles. The average Bonchev–Trinajstić information content (AvgIpc) is 2.26. The van der Waals surface area contributed by atoms with Gasteiger partial charge in [-0.15, -0.1) is 0 Å². The zero-order chi connectivity index (χ0) is 12.0. The van der Waals surface area contributed by atoms with Gasteiger partial charge in [0.25, 0.3) is 0 Å². The first-order valence-electron chi connectivity index (χ1n) is 6.18. The second-order valence-electron chi connectivity index (χ2n) is 4.01. The van der Waals surface area contributed by atoms with Crippen LogP contribution in [0.15, 0.2) is 23.0 Å². The summed E-state index contributed by atoms with van der Waals surface area (Å²) >= 11 is 0. The molecule has 1 aromatic rings. The Bertz CT molecular complexity index is 353. The van der Waals surface area contributed by atoms with Gasteiger partial charge in [0.1, 0.15) is 0 Å². The lowest BCUT2D eigenvalue weighted by Gasteiger charge is -2.38. The van der Waals surface area contributed by atoms with Crippen molar-refractivity contribution in [1.82, 2.24) is 9.88 Å². The van der Waals surface area contributed by atoms with Gasteiger partial charge in [0.2, 0.25) is 5.56 Å². The van der Waals surface area contributed by atoms with Crippen molar-refractivity contribution >= 4 is 0 Å². The fourth-order valence-corrected chi connectivity index (χ4v) is 1.89. The van der Waals surface area contributed by atoms with Crippen molar-refractivity contribution < 1.29 is 0 Å². The quantitative estimate of drug-likeness (QED) is 0.851. The van der Waals surface area contributed by atoms with Crippen LogP contribution < -0.4 is 5.56 Å². The molecule has 0 aromatic carbocycles. The maximum atomic E-state index is 11.0. The number of pyridine rings is 1. The zero-order valence-corrected chi connectivity index (χ0v) is 10.5. The Hall–Kier alpha value is -1.09. The molecule has 2 heterocycles. The van der Waals surface area contributed by atoms with Crippen molar-refractivity contribution in [3.05, 3.63) is 34.2 Å². The summed E-state index contributed by atoms with van der Waals surface area (Å²) in [5.74, 6) is 0.866. The van der Waals surface area contributed by atoms with Crippen LogP contribution in [-0.4, -0.2) is 23.0 Å². The number of aromatic nitrogens is 1. The van der Waals surface area contributed by atoms with Crippen LogP contribution in [0.1, 0.15) is 32.9 Å². The summed E-state index contributed by atoms with van der Waals surface area (Å²) in [5, 5.41) is 0. The van der Waals surface area contributed by atoms with E-state index in [1.807, 2.05) is 26.0 Å². The van der Waals surface area contributed by atoms with Crippen LogP contribution in [0, 0.1) is 5.92 Å². The standard InChI is InChI=1S/C11H16N2O.C2H6/c1-2-9-6-13(7-9)8-10-4-3-5-11(14)12-10;1-2/h3-5,9H,2,6-8H2,1H3,(H,12,14);1-2H3. The molecule has 1 aromatic heterocycles. The second kappa shape index (κ2) is 6.48. The minimum Gasteiger partial charge on any atom is -0.325 e. The maximum Gasteiger partial charge on any atom is 0.248 e. The Morgan fingerprint density at radius 2 is 2.06 bits per heavy atom. The Morgan fingerprint density at radius 1 is 1.38 bits per heavy atom. The number of hydrogen-bond acceptors (Lipinski definition) is 2. The van der Waals surface area contributed by atoms with E-state index >= 15 is 0 Å². The third-order valence-corrected chi connectivity index (χ3v) is 2.83. The topological polar surface area (TPSA) is 36.1 Å². The van der Waals surface area contributed by atoms with Crippen molar-refractivity contribution in [1.29, 1.82) is 0 Å². The predicted octanol–water partition coefficient (Wildman–Crippen LogP) is 2.24. The molecule has 0 atom stereocenters. The van der Waals surface area contributed by atoms with Gasteiger partial charge in [0.05, 0.1) is 0 Å². The van der Waals surface area contributed by atoms with Crippen molar-refractivity contribution in [2.45, 2.75) is 33.7 Å². The van der Waals surface area contributed by atoms with E-state index in [9.17, 15) is 4.79 Å². The molecule has 0 saturated carbocycles. The first-order valence-corrected chi connectivity index (χ1v) is 6.18. The van der Waals surface area contributed by atoms with Crippen molar-refractivity contribution in [2.75, 3.05) is 13.1 Å². The Morgan fingerprint density at radius 3 is 2.62 bits per heavy atom. The molecule has 2 rings (SSSR count). The van der Waals surface area contributed by atoms with E-state index in [0.717, 1.165) is 18.2 Å². The van der Waals surface area contributed by atoms with Gasteiger partial charge in [-0.05, 0) is 12.0 Å². The van der Waals surface area contributed by atoms with Crippen LogP contribution in [0.4, 0.5) is 0 Å². The smallest absolute Gasteiger partial charge is 0.248 e. The van der Waals surface area contributed by atoms with Crippen LogP contribution in [0.5, 0.6) is 0 Å². The van der Waals surface area contributed by atoms with Gasteiger partial charge in [-0.2, -0.15) is 0 Å². The number of likely N-dealkylation sites (tertiary alicyclic amines) is 1. The molecule has 0 spiro atoms. The number of aromatic amines is 1. The van der Waals surface area contributed by atoms with Crippen LogP contribution in [0.25, 0.3) is 0 Å². The molecular weight excluding hydrogens is 200 g/mol. The van der Waals surface area contributed by atoms with Crippen LogP contribution in [0.3, 0.4) is 0 Å². The lowest BCUT2D eigenvalue weighted by molar-refractivity contribution is 0.0884. The Kier molecular flexibility index (Phi) is 5.26. The van der Waals surface area contributed by atoms with Crippen molar-refractivity contribution in [2.24, 2.45) is 5.92 Å². The number of rotatable bonds is 3. The van der Waals surface area contributed by atoms with Gasteiger partial charge in [-0.3, -0.25) is 9.69 Å². The molecule has 0 amide bonds. The summed E-state index contributed by atoms with van der Waals surface area (Å²) in [5.41, 5.74) is 1.02. The van der Waals surface area contributed by atoms with E-state index in [0.29, 0.717) is 0 Å². The van der Waals surface area contributed by atoms with Gasteiger partial charge in [0.15, 0.2) is 0 Å². The third-order valence-electron chi connectivity index (χ3n) is 2.83. The van der Waals surface area contributed by atoms with Gasteiger partial charge < -0.3 is 4.98 Å². The van der Waals surface area contributed by atoms with E-state index < -0.39 is 0 Å². The molecular formula is C13H22N2O. The molecule has 0 unspecified atom stereocenters. The SMILES string of the molecule is CC.CCC1CN(Cc2cccc(=O)[nH]2)C1. The zero-order valence-electron chi connectivity index (χ0n) is 10.5. The normalized spacial score (nSPS) is 16.2. The molecule has 3 heteroatoms. The van der Waals surface area contributed by atoms with Crippen LogP contribution >= 0.6 is 0 Å². The minimum absolute atomic E-state index is 0.00457. The molecule has 0 aliphatic carbocycles. The first kappa shape index (κ1) is 13.0. The van der Waals surface area contributed by atoms with E-state index in [1.165, 1.54) is 19.5 Å². The van der Waals surface area contributed by atoms with E-state index in [1.54, 1.807) is 6.07 Å². The highest BCUT2D eigenvalue weighted by atomic mass is 16.1. The molecule has 16 heavy (non-hydrogen) atoms. The fraction of sp³-hybridized carbons (Fsp3) is 0.615. The molecule has 1 fully saturated rings. The minimum atomic E-state index is -0.00457. The van der Waals surface area contributed by atoms with E-state index in [-0.39, 0.29) is 5.56 Å². The third kappa shape index (κ3) is 3.49.